The van der Waals surface area contributed by atoms with E-state index in [2.05, 4.69) is 6.07 Å². The zero-order chi connectivity index (χ0) is 18.4. The van der Waals surface area contributed by atoms with Crippen molar-refractivity contribution in [3.05, 3.63) is 78.1 Å². The number of hydrogen-bond donors (Lipinski definition) is 3. The SMILES string of the molecule is Cc1cccc[n+]1CC(=O)c1ccc2ccccc2c1.[O-][Cl+](O)(O)O. The molecule has 3 N–H and O–H groups in total. The van der Waals surface area contributed by atoms with Crippen LogP contribution in [0.25, 0.3) is 10.8 Å². The van der Waals surface area contributed by atoms with Gasteiger partial charge in [0.25, 0.3) is 0 Å². The second-order valence-electron chi connectivity index (χ2n) is 5.39. The zero-order valence-electron chi connectivity index (χ0n) is 13.5. The molecule has 3 aromatic rings. The van der Waals surface area contributed by atoms with E-state index in [1.807, 2.05) is 72.3 Å². The Morgan fingerprint density at radius 3 is 2.24 bits per heavy atom. The summed E-state index contributed by atoms with van der Waals surface area (Å²) in [6, 6.07) is 19.9. The van der Waals surface area contributed by atoms with E-state index in [1.54, 1.807) is 0 Å². The van der Waals surface area contributed by atoms with Crippen molar-refractivity contribution in [3.63, 3.8) is 0 Å². The van der Waals surface area contributed by atoms with Crippen molar-refractivity contribution < 1.29 is 38.2 Å². The van der Waals surface area contributed by atoms with Gasteiger partial charge in [-0.25, -0.2) is 0 Å². The molecule has 1 aromatic heterocycles. The number of fused-ring (bicyclic) bond motifs is 1. The molecular weight excluding hydrogens is 346 g/mol. The van der Waals surface area contributed by atoms with Crippen LogP contribution in [0.3, 0.4) is 0 Å². The molecule has 0 aliphatic carbocycles. The summed E-state index contributed by atoms with van der Waals surface area (Å²) in [6.45, 7) is 2.39. The molecule has 0 unspecified atom stereocenters. The molecule has 0 saturated heterocycles. The van der Waals surface area contributed by atoms with Gasteiger partial charge in [0.1, 0.15) is 0 Å². The van der Waals surface area contributed by atoms with Gasteiger partial charge >= 0.3 is 28.9 Å². The molecule has 2 aromatic carbocycles. The molecule has 7 heteroatoms. The van der Waals surface area contributed by atoms with Crippen LogP contribution in [-0.4, -0.2) is 19.8 Å². The summed E-state index contributed by atoms with van der Waals surface area (Å²) < 4.78 is 32.2. The molecule has 0 fully saturated rings. The fourth-order valence-corrected chi connectivity index (χ4v) is 2.35. The Kier molecular flexibility index (Phi) is 6.19. The summed E-state index contributed by atoms with van der Waals surface area (Å²) in [7, 11) is -4.19. The number of halogens is 1. The van der Waals surface area contributed by atoms with Crippen LogP contribution >= 0.6 is 0 Å². The zero-order valence-corrected chi connectivity index (χ0v) is 14.3. The van der Waals surface area contributed by atoms with E-state index in [4.69, 9.17) is 18.6 Å². The molecule has 0 spiro atoms. The first-order chi connectivity index (χ1) is 11.7. The van der Waals surface area contributed by atoms with E-state index in [-0.39, 0.29) is 5.78 Å². The second kappa shape index (κ2) is 8.15. The Balaban J connectivity index is 0.000000399. The van der Waals surface area contributed by atoms with Crippen molar-refractivity contribution in [2.75, 3.05) is 0 Å². The Morgan fingerprint density at radius 1 is 1.00 bits per heavy atom. The van der Waals surface area contributed by atoms with Crippen LogP contribution in [0, 0.1) is 17.2 Å². The number of rotatable bonds is 3. The molecule has 0 atom stereocenters. The number of carbonyl (C=O) groups is 1. The number of carbonyl (C=O) groups excluding carboxylic acids is 1. The van der Waals surface area contributed by atoms with Crippen molar-refractivity contribution >= 4 is 16.6 Å². The average molecular weight is 365 g/mol. The Labute approximate surface area is 146 Å². The molecule has 0 radical (unpaired) electrons. The van der Waals surface area contributed by atoms with E-state index in [9.17, 15) is 4.79 Å². The number of nitrogens with zero attached hydrogens (tertiary/aromatic N) is 1. The van der Waals surface area contributed by atoms with Gasteiger partial charge in [-0.2, -0.15) is 4.57 Å². The van der Waals surface area contributed by atoms with E-state index in [1.165, 1.54) is 0 Å². The topological polar surface area (TPSA) is 105 Å². The Morgan fingerprint density at radius 2 is 1.60 bits per heavy atom. The van der Waals surface area contributed by atoms with Crippen LogP contribution < -0.4 is 9.23 Å². The number of ketones is 1. The number of pyridine rings is 1. The van der Waals surface area contributed by atoms with Gasteiger partial charge in [-0.3, -0.25) is 4.79 Å². The van der Waals surface area contributed by atoms with Gasteiger partial charge in [-0.1, -0.05) is 42.5 Å². The summed E-state index contributed by atoms with van der Waals surface area (Å²) in [5.41, 5.74) is 1.85. The van der Waals surface area contributed by atoms with Crippen molar-refractivity contribution in [1.29, 1.82) is 0 Å². The number of benzene rings is 2. The van der Waals surface area contributed by atoms with Gasteiger partial charge in [0.15, 0.2) is 11.9 Å². The minimum atomic E-state index is -4.19. The summed E-state index contributed by atoms with van der Waals surface area (Å²) in [5.74, 6) is 0.134. The van der Waals surface area contributed by atoms with E-state index < -0.39 is 10.2 Å². The summed E-state index contributed by atoms with van der Waals surface area (Å²) in [5, 5.41) is 2.26. The molecule has 3 rings (SSSR count). The summed E-state index contributed by atoms with van der Waals surface area (Å²) >= 11 is 0. The average Bonchev–Trinajstić information content (AvgIpc) is 2.55. The quantitative estimate of drug-likeness (QED) is 0.462. The van der Waals surface area contributed by atoms with Crippen molar-refractivity contribution in [3.8, 4) is 0 Å². The predicted octanol–water partition coefficient (Wildman–Crippen LogP) is 0.459. The molecule has 0 bridgehead atoms. The van der Waals surface area contributed by atoms with Crippen LogP contribution in [0.5, 0.6) is 0 Å². The van der Waals surface area contributed by atoms with Crippen LogP contribution in [0.4, 0.5) is 0 Å². The van der Waals surface area contributed by atoms with Crippen LogP contribution in [0.15, 0.2) is 66.9 Å². The summed E-state index contributed by atoms with van der Waals surface area (Å²) in [4.78, 5) is 12.4. The fraction of sp³-hybridized carbons (Fsp3) is 0.111. The molecule has 0 saturated carbocycles. The molecule has 0 amide bonds. The third kappa shape index (κ3) is 6.22. The van der Waals surface area contributed by atoms with E-state index in [0.29, 0.717) is 6.54 Å². The van der Waals surface area contributed by atoms with Crippen molar-refractivity contribution in [2.24, 2.45) is 0 Å². The molecule has 132 valence electrons. The van der Waals surface area contributed by atoms with Crippen molar-refractivity contribution in [1.82, 2.24) is 0 Å². The van der Waals surface area contributed by atoms with Crippen molar-refractivity contribution in [2.45, 2.75) is 13.5 Å². The fourth-order valence-electron chi connectivity index (χ4n) is 2.35. The molecular formula is C18H19ClNO5+. The number of aryl methyl sites for hydroxylation is 1. The molecule has 0 aliphatic heterocycles. The standard InChI is InChI=1S/C18H16NO.ClH3O4/c1-14-6-4-5-11-19(14)13-18(20)17-10-9-15-7-2-3-8-16(15)12-17;2-1(3,4)5/h2-12H,13H2,1H3;2-4H/q+1;. The van der Waals surface area contributed by atoms with Gasteiger partial charge in [0.05, 0.1) is 0 Å². The second-order valence-corrected chi connectivity index (χ2v) is 6.26. The predicted molar refractivity (Wildman–Crippen MR) is 86.3 cm³/mol. The number of aromatic nitrogens is 1. The number of Topliss-reactive ketones (excluding diaryl/α,β-unsaturated/α-hetero) is 1. The monoisotopic (exact) mass is 364 g/mol. The third-order valence-corrected chi connectivity index (χ3v) is 3.55. The molecule has 0 aliphatic rings. The van der Waals surface area contributed by atoms with Gasteiger partial charge < -0.3 is 0 Å². The van der Waals surface area contributed by atoms with Crippen LogP contribution in [-0.2, 0) is 6.54 Å². The van der Waals surface area contributed by atoms with Gasteiger partial charge in [-0.05, 0) is 16.8 Å². The normalized spacial score (nSPS) is 11.6. The van der Waals surface area contributed by atoms with Gasteiger partial charge in [0.2, 0.25) is 12.3 Å². The van der Waals surface area contributed by atoms with Gasteiger partial charge in [-0.15, -0.1) is 0 Å². The molecule has 25 heavy (non-hydrogen) atoms. The first-order valence-corrected chi connectivity index (χ1v) is 8.69. The number of hydrogen-bond acceptors (Lipinski definition) is 5. The summed E-state index contributed by atoms with van der Waals surface area (Å²) in [6.07, 6.45) is 1.94. The maximum absolute atomic E-state index is 12.4. The third-order valence-electron chi connectivity index (χ3n) is 3.55. The Hall–Kier alpha value is -2.35. The first kappa shape index (κ1) is 19.0. The van der Waals surface area contributed by atoms with Crippen LogP contribution in [0.1, 0.15) is 16.1 Å². The van der Waals surface area contributed by atoms with Crippen LogP contribution in [0.2, 0.25) is 0 Å². The molecule has 6 nitrogen and oxygen atoms in total. The minimum absolute atomic E-state index is 0.134. The Bertz CT molecular complexity index is 870. The van der Waals surface area contributed by atoms with E-state index in [0.717, 1.165) is 22.0 Å². The molecule has 1 heterocycles. The van der Waals surface area contributed by atoms with E-state index >= 15 is 0 Å². The first-order valence-electron chi connectivity index (χ1n) is 7.37. The van der Waals surface area contributed by atoms with Gasteiger partial charge in [0, 0.05) is 24.6 Å². The maximum atomic E-state index is 12.4.